The van der Waals surface area contributed by atoms with E-state index >= 15 is 0 Å². The molecule has 2 aromatic heterocycles. The monoisotopic (exact) mass is 386 g/mol. The number of aromatic nitrogens is 1. The Bertz CT molecular complexity index is 1090. The summed E-state index contributed by atoms with van der Waals surface area (Å²) in [5, 5.41) is 1.21. The van der Waals surface area contributed by atoms with Crippen molar-refractivity contribution in [2.24, 2.45) is 0 Å². The summed E-state index contributed by atoms with van der Waals surface area (Å²) < 4.78 is 27.8. The standard InChI is InChI=1S/C20H22N2O2S2/c1-3-16-8-9-19(25-16)26(23,24)22-12-10-15(11-13-22)20-14(2)21-18-7-5-4-6-17(18)20/h4-10,21H,3,11-13H2,1-2H3. The number of sulfonamides is 1. The van der Waals surface area contributed by atoms with Crippen LogP contribution in [0.3, 0.4) is 0 Å². The Balaban J connectivity index is 1.63. The van der Waals surface area contributed by atoms with Crippen molar-refractivity contribution in [3.63, 3.8) is 0 Å². The molecular weight excluding hydrogens is 364 g/mol. The number of rotatable bonds is 4. The number of hydrogen-bond donors (Lipinski definition) is 1. The molecule has 0 spiro atoms. The minimum atomic E-state index is -3.40. The van der Waals surface area contributed by atoms with Crippen LogP contribution in [0.5, 0.6) is 0 Å². The third-order valence-electron chi connectivity index (χ3n) is 4.97. The summed E-state index contributed by atoms with van der Waals surface area (Å²) >= 11 is 1.38. The average Bonchev–Trinajstić information content (AvgIpc) is 3.26. The number of nitrogens with zero attached hydrogens (tertiary/aromatic N) is 1. The Hall–Kier alpha value is -1.89. The smallest absolute Gasteiger partial charge is 0.252 e. The minimum absolute atomic E-state index is 0.427. The number of H-pyrrole nitrogens is 1. The molecule has 1 aliphatic heterocycles. The summed E-state index contributed by atoms with van der Waals surface area (Å²) in [5.74, 6) is 0. The normalized spacial score (nSPS) is 16.2. The molecule has 3 heterocycles. The molecule has 0 fully saturated rings. The summed E-state index contributed by atoms with van der Waals surface area (Å²) in [5.41, 5.74) is 4.72. The lowest BCUT2D eigenvalue weighted by atomic mass is 9.97. The highest BCUT2D eigenvalue weighted by Crippen LogP contribution is 2.34. The zero-order chi connectivity index (χ0) is 18.3. The average molecular weight is 387 g/mol. The van der Waals surface area contributed by atoms with Crippen molar-refractivity contribution >= 4 is 37.8 Å². The van der Waals surface area contributed by atoms with Crippen LogP contribution in [0.25, 0.3) is 16.5 Å². The van der Waals surface area contributed by atoms with E-state index in [2.05, 4.69) is 30.1 Å². The molecule has 3 aromatic rings. The van der Waals surface area contributed by atoms with Gasteiger partial charge in [0.15, 0.2) is 0 Å². The largest absolute Gasteiger partial charge is 0.358 e. The van der Waals surface area contributed by atoms with Gasteiger partial charge in [-0.3, -0.25) is 0 Å². The lowest BCUT2D eigenvalue weighted by Gasteiger charge is -2.25. The maximum absolute atomic E-state index is 12.9. The highest BCUT2D eigenvalue weighted by atomic mass is 32.2. The first-order valence-electron chi connectivity index (χ1n) is 8.86. The van der Waals surface area contributed by atoms with Crippen LogP contribution in [0.15, 0.2) is 46.7 Å². The number of fused-ring (bicyclic) bond motifs is 1. The molecule has 0 radical (unpaired) electrons. The van der Waals surface area contributed by atoms with Gasteiger partial charge in [0, 0.05) is 40.1 Å². The second-order valence-corrected chi connectivity index (χ2v) is 9.92. The van der Waals surface area contributed by atoms with E-state index in [9.17, 15) is 8.42 Å². The van der Waals surface area contributed by atoms with Crippen molar-refractivity contribution in [2.75, 3.05) is 13.1 Å². The van der Waals surface area contributed by atoms with Crippen molar-refractivity contribution < 1.29 is 8.42 Å². The van der Waals surface area contributed by atoms with Crippen molar-refractivity contribution in [3.05, 3.63) is 58.6 Å². The third kappa shape index (κ3) is 2.92. The SMILES string of the molecule is CCc1ccc(S(=O)(=O)N2CC=C(c3c(C)[nH]c4ccccc34)CC2)s1. The molecule has 0 amide bonds. The highest BCUT2D eigenvalue weighted by molar-refractivity contribution is 7.91. The Morgan fingerprint density at radius 1 is 1.19 bits per heavy atom. The van der Waals surface area contributed by atoms with Gasteiger partial charge in [-0.05, 0) is 43.5 Å². The van der Waals surface area contributed by atoms with Gasteiger partial charge in [-0.1, -0.05) is 31.2 Å². The van der Waals surface area contributed by atoms with Crippen LogP contribution in [-0.4, -0.2) is 30.8 Å². The van der Waals surface area contributed by atoms with E-state index in [1.165, 1.54) is 27.9 Å². The Labute approximate surface area is 158 Å². The van der Waals surface area contributed by atoms with Crippen LogP contribution in [-0.2, 0) is 16.4 Å². The molecular formula is C20H22N2O2S2. The summed E-state index contributed by atoms with van der Waals surface area (Å²) in [6.07, 6.45) is 3.66. The molecule has 4 nitrogen and oxygen atoms in total. The quantitative estimate of drug-likeness (QED) is 0.714. The topological polar surface area (TPSA) is 53.2 Å². The number of aryl methyl sites for hydroxylation is 2. The number of para-hydroxylation sites is 1. The van der Waals surface area contributed by atoms with Gasteiger partial charge in [-0.2, -0.15) is 4.31 Å². The maximum atomic E-state index is 12.9. The van der Waals surface area contributed by atoms with E-state index in [1.54, 1.807) is 10.4 Å². The zero-order valence-corrected chi connectivity index (χ0v) is 16.6. The number of hydrogen-bond acceptors (Lipinski definition) is 3. The van der Waals surface area contributed by atoms with Gasteiger partial charge in [-0.15, -0.1) is 11.3 Å². The molecule has 0 atom stereocenters. The molecule has 136 valence electrons. The van der Waals surface area contributed by atoms with E-state index < -0.39 is 10.0 Å². The molecule has 1 aromatic carbocycles. The van der Waals surface area contributed by atoms with E-state index in [0.29, 0.717) is 17.3 Å². The number of benzene rings is 1. The summed E-state index contributed by atoms with van der Waals surface area (Å²) in [6, 6.07) is 11.9. The lowest BCUT2D eigenvalue weighted by molar-refractivity contribution is 0.443. The minimum Gasteiger partial charge on any atom is -0.358 e. The number of nitrogens with one attached hydrogen (secondary N) is 1. The fourth-order valence-corrected chi connectivity index (χ4v) is 6.43. The lowest BCUT2D eigenvalue weighted by Crippen LogP contribution is -2.34. The van der Waals surface area contributed by atoms with E-state index in [4.69, 9.17) is 0 Å². The van der Waals surface area contributed by atoms with E-state index in [0.717, 1.165) is 28.9 Å². The molecule has 1 N–H and O–H groups in total. The first-order valence-corrected chi connectivity index (χ1v) is 11.1. The summed E-state index contributed by atoms with van der Waals surface area (Å²) in [6.45, 7) is 5.07. The van der Waals surface area contributed by atoms with Crippen LogP contribution < -0.4 is 0 Å². The number of aromatic amines is 1. The van der Waals surface area contributed by atoms with Crippen LogP contribution in [0.4, 0.5) is 0 Å². The second kappa shape index (κ2) is 6.68. The van der Waals surface area contributed by atoms with Gasteiger partial charge in [0.2, 0.25) is 0 Å². The van der Waals surface area contributed by atoms with Gasteiger partial charge in [0.1, 0.15) is 4.21 Å². The fourth-order valence-electron chi connectivity index (χ4n) is 3.60. The highest BCUT2D eigenvalue weighted by Gasteiger charge is 2.28. The molecule has 0 aliphatic carbocycles. The Kier molecular flexibility index (Phi) is 4.50. The molecule has 1 aliphatic rings. The van der Waals surface area contributed by atoms with Gasteiger partial charge < -0.3 is 4.98 Å². The van der Waals surface area contributed by atoms with Crippen LogP contribution in [0, 0.1) is 6.92 Å². The molecule has 4 rings (SSSR count). The van der Waals surface area contributed by atoms with E-state index in [1.807, 2.05) is 25.1 Å². The van der Waals surface area contributed by atoms with Gasteiger partial charge in [0.25, 0.3) is 10.0 Å². The summed E-state index contributed by atoms with van der Waals surface area (Å²) in [7, 11) is -3.40. The first-order chi connectivity index (χ1) is 12.5. The predicted octanol–water partition coefficient (Wildman–Crippen LogP) is 4.58. The molecule has 6 heteroatoms. The van der Waals surface area contributed by atoms with Crippen molar-refractivity contribution in [1.29, 1.82) is 0 Å². The number of thiophene rings is 1. The van der Waals surface area contributed by atoms with Gasteiger partial charge in [0.05, 0.1) is 0 Å². The van der Waals surface area contributed by atoms with Gasteiger partial charge >= 0.3 is 0 Å². The van der Waals surface area contributed by atoms with Crippen LogP contribution >= 0.6 is 11.3 Å². The Morgan fingerprint density at radius 2 is 2.00 bits per heavy atom. The van der Waals surface area contributed by atoms with Crippen molar-refractivity contribution in [1.82, 2.24) is 9.29 Å². The molecule has 0 unspecified atom stereocenters. The first kappa shape index (κ1) is 17.5. The second-order valence-electron chi connectivity index (χ2n) is 6.59. The molecule has 0 saturated heterocycles. The summed E-state index contributed by atoms with van der Waals surface area (Å²) in [4.78, 5) is 4.53. The van der Waals surface area contributed by atoms with E-state index in [-0.39, 0.29) is 0 Å². The molecule has 0 saturated carbocycles. The van der Waals surface area contributed by atoms with Crippen molar-refractivity contribution in [3.8, 4) is 0 Å². The predicted molar refractivity (Wildman–Crippen MR) is 108 cm³/mol. The molecule has 0 bridgehead atoms. The fraction of sp³-hybridized carbons (Fsp3) is 0.300. The van der Waals surface area contributed by atoms with Gasteiger partial charge in [-0.25, -0.2) is 8.42 Å². The van der Waals surface area contributed by atoms with Crippen LogP contribution in [0.2, 0.25) is 0 Å². The Morgan fingerprint density at radius 3 is 2.69 bits per heavy atom. The molecule has 26 heavy (non-hydrogen) atoms. The van der Waals surface area contributed by atoms with Crippen LogP contribution in [0.1, 0.15) is 29.5 Å². The van der Waals surface area contributed by atoms with Crippen molar-refractivity contribution in [2.45, 2.75) is 30.9 Å². The third-order valence-corrected chi connectivity index (χ3v) is 8.53. The zero-order valence-electron chi connectivity index (χ0n) is 15.0. The maximum Gasteiger partial charge on any atom is 0.252 e.